The molecule has 1 saturated heterocycles. The van der Waals surface area contributed by atoms with Crippen LogP contribution in [0.1, 0.15) is 38.5 Å². The van der Waals surface area contributed by atoms with Crippen LogP contribution in [0.2, 0.25) is 0 Å². The van der Waals surface area contributed by atoms with E-state index in [-0.39, 0.29) is 18.1 Å². The largest absolute Gasteiger partial charge is 0.367 e. The van der Waals surface area contributed by atoms with E-state index in [1.165, 1.54) is 25.7 Å². The van der Waals surface area contributed by atoms with Gasteiger partial charge in [-0.3, -0.25) is 4.79 Å². The number of likely N-dealkylation sites (N-methyl/N-ethyl adjacent to an activating group) is 1. The summed E-state index contributed by atoms with van der Waals surface area (Å²) in [4.78, 5) is 27.6. The zero-order valence-corrected chi connectivity index (χ0v) is 14.3. The van der Waals surface area contributed by atoms with Gasteiger partial charge in [0.15, 0.2) is 6.10 Å². The number of hydrogen-bond acceptors (Lipinski definition) is 4. The number of hydrogen-bond donors (Lipinski definition) is 2. The van der Waals surface area contributed by atoms with Gasteiger partial charge in [0.05, 0.1) is 13.2 Å². The maximum Gasteiger partial charge on any atom is 0.317 e. The molecule has 2 aliphatic rings. The average Bonchev–Trinajstić information content (AvgIpc) is 2.79. The standard InChI is InChI=1S/C16H30N4O3/c1-19(2)16(7-5-3-4-6-8-16)12-18-15(22)20-9-10-23-13(11-20)14(17)21/h13H,3-12H2,1-2H3,(H2,17,21)(H,18,22). The van der Waals surface area contributed by atoms with Crippen LogP contribution in [0, 0.1) is 0 Å². The van der Waals surface area contributed by atoms with E-state index in [9.17, 15) is 9.59 Å². The number of amides is 3. The molecule has 1 atom stereocenters. The molecule has 1 saturated carbocycles. The molecule has 3 amide bonds. The fourth-order valence-electron chi connectivity index (χ4n) is 3.53. The van der Waals surface area contributed by atoms with Gasteiger partial charge < -0.3 is 25.6 Å². The second-order valence-corrected chi connectivity index (χ2v) is 6.90. The summed E-state index contributed by atoms with van der Waals surface area (Å²) in [6, 6.07) is -0.134. The van der Waals surface area contributed by atoms with Crippen LogP contribution in [0.15, 0.2) is 0 Å². The van der Waals surface area contributed by atoms with Crippen molar-refractivity contribution in [2.24, 2.45) is 5.73 Å². The number of morpholine rings is 1. The summed E-state index contributed by atoms with van der Waals surface area (Å²) in [6.45, 7) is 1.71. The maximum atomic E-state index is 12.4. The zero-order chi connectivity index (χ0) is 16.9. The Labute approximate surface area is 138 Å². The first-order valence-electron chi connectivity index (χ1n) is 8.56. The van der Waals surface area contributed by atoms with E-state index < -0.39 is 12.0 Å². The van der Waals surface area contributed by atoms with Crippen molar-refractivity contribution in [3.8, 4) is 0 Å². The average molecular weight is 326 g/mol. The number of ether oxygens (including phenoxy) is 1. The molecular weight excluding hydrogens is 296 g/mol. The van der Waals surface area contributed by atoms with Crippen LogP contribution in [0.5, 0.6) is 0 Å². The third-order valence-corrected chi connectivity index (χ3v) is 5.22. The minimum absolute atomic E-state index is 0.0293. The second kappa shape index (κ2) is 7.97. The lowest BCUT2D eigenvalue weighted by Crippen LogP contribution is -2.57. The first-order chi connectivity index (χ1) is 10.9. The van der Waals surface area contributed by atoms with Crippen molar-refractivity contribution >= 4 is 11.9 Å². The topological polar surface area (TPSA) is 87.9 Å². The van der Waals surface area contributed by atoms with E-state index in [0.717, 1.165) is 12.8 Å². The van der Waals surface area contributed by atoms with E-state index in [2.05, 4.69) is 24.3 Å². The van der Waals surface area contributed by atoms with Crippen LogP contribution in [0.25, 0.3) is 0 Å². The van der Waals surface area contributed by atoms with Gasteiger partial charge in [0, 0.05) is 18.6 Å². The minimum atomic E-state index is -0.699. The number of nitrogens with one attached hydrogen (secondary N) is 1. The van der Waals surface area contributed by atoms with E-state index in [1.54, 1.807) is 4.90 Å². The van der Waals surface area contributed by atoms with Gasteiger partial charge in [-0.1, -0.05) is 25.7 Å². The van der Waals surface area contributed by atoms with Crippen molar-refractivity contribution in [1.82, 2.24) is 15.1 Å². The number of carbonyl (C=O) groups is 2. The Balaban J connectivity index is 1.92. The van der Waals surface area contributed by atoms with E-state index in [1.807, 2.05) is 0 Å². The number of primary amides is 1. The molecule has 0 bridgehead atoms. The van der Waals surface area contributed by atoms with Crippen LogP contribution >= 0.6 is 0 Å². The number of nitrogens with two attached hydrogens (primary N) is 1. The minimum Gasteiger partial charge on any atom is -0.367 e. The van der Waals surface area contributed by atoms with Gasteiger partial charge in [-0.15, -0.1) is 0 Å². The number of urea groups is 1. The molecule has 0 spiro atoms. The molecular formula is C16H30N4O3. The highest BCUT2D eigenvalue weighted by atomic mass is 16.5. The number of carbonyl (C=O) groups excluding carboxylic acids is 2. The van der Waals surface area contributed by atoms with Gasteiger partial charge >= 0.3 is 6.03 Å². The third-order valence-electron chi connectivity index (χ3n) is 5.22. The van der Waals surface area contributed by atoms with Gasteiger partial charge in [0.1, 0.15) is 0 Å². The first kappa shape index (κ1) is 18.0. The molecule has 132 valence electrons. The molecule has 0 aromatic carbocycles. The Morgan fingerprint density at radius 1 is 1.26 bits per heavy atom. The fraction of sp³-hybridized carbons (Fsp3) is 0.875. The molecule has 3 N–H and O–H groups in total. The van der Waals surface area contributed by atoms with Crippen molar-refractivity contribution in [1.29, 1.82) is 0 Å². The zero-order valence-electron chi connectivity index (χ0n) is 14.3. The van der Waals surface area contributed by atoms with Gasteiger partial charge in [0.25, 0.3) is 0 Å². The SMILES string of the molecule is CN(C)C1(CNC(=O)N2CCOC(C(N)=O)C2)CCCCCC1. The van der Waals surface area contributed by atoms with Crippen LogP contribution < -0.4 is 11.1 Å². The maximum absolute atomic E-state index is 12.4. The van der Waals surface area contributed by atoms with E-state index in [0.29, 0.717) is 19.7 Å². The van der Waals surface area contributed by atoms with Gasteiger partial charge in [0.2, 0.25) is 5.91 Å². The molecule has 0 radical (unpaired) electrons. The molecule has 2 rings (SSSR count). The van der Waals surface area contributed by atoms with Gasteiger partial charge in [-0.25, -0.2) is 4.79 Å². The van der Waals surface area contributed by atoms with E-state index in [4.69, 9.17) is 10.5 Å². The van der Waals surface area contributed by atoms with Crippen molar-refractivity contribution in [3.05, 3.63) is 0 Å². The summed E-state index contributed by atoms with van der Waals surface area (Å²) in [5.41, 5.74) is 5.30. The molecule has 1 heterocycles. The normalized spacial score (nSPS) is 25.0. The lowest BCUT2D eigenvalue weighted by atomic mass is 9.89. The molecule has 7 heteroatoms. The van der Waals surface area contributed by atoms with E-state index >= 15 is 0 Å². The molecule has 23 heavy (non-hydrogen) atoms. The molecule has 2 fully saturated rings. The third kappa shape index (κ3) is 4.57. The van der Waals surface area contributed by atoms with Crippen molar-refractivity contribution < 1.29 is 14.3 Å². The monoisotopic (exact) mass is 326 g/mol. The number of rotatable bonds is 4. The van der Waals surface area contributed by atoms with Crippen LogP contribution in [-0.2, 0) is 9.53 Å². The first-order valence-corrected chi connectivity index (χ1v) is 8.56. The Morgan fingerprint density at radius 2 is 1.91 bits per heavy atom. The van der Waals surface area contributed by atoms with Crippen LogP contribution in [0.3, 0.4) is 0 Å². The predicted molar refractivity (Wildman–Crippen MR) is 88.0 cm³/mol. The Bertz CT molecular complexity index is 420. The molecule has 1 unspecified atom stereocenters. The Kier molecular flexibility index (Phi) is 6.24. The predicted octanol–water partition coefficient (Wildman–Crippen LogP) is 0.537. The highest BCUT2D eigenvalue weighted by molar-refractivity contribution is 5.81. The molecule has 0 aromatic heterocycles. The highest BCUT2D eigenvalue weighted by Crippen LogP contribution is 2.30. The summed E-state index contributed by atoms with van der Waals surface area (Å²) in [6.07, 6.45) is 6.46. The van der Waals surface area contributed by atoms with Crippen LogP contribution in [-0.4, -0.2) is 73.7 Å². The summed E-state index contributed by atoms with van der Waals surface area (Å²) in [5, 5.41) is 3.07. The summed E-state index contributed by atoms with van der Waals surface area (Å²) in [7, 11) is 4.19. The Morgan fingerprint density at radius 3 is 2.48 bits per heavy atom. The van der Waals surface area contributed by atoms with Crippen molar-refractivity contribution in [2.45, 2.75) is 50.2 Å². The molecule has 0 aromatic rings. The highest BCUT2D eigenvalue weighted by Gasteiger charge is 2.35. The summed E-state index contributed by atoms with van der Waals surface area (Å²) >= 11 is 0. The molecule has 7 nitrogen and oxygen atoms in total. The van der Waals surface area contributed by atoms with Gasteiger partial charge in [-0.05, 0) is 26.9 Å². The van der Waals surface area contributed by atoms with Crippen LogP contribution in [0.4, 0.5) is 4.79 Å². The van der Waals surface area contributed by atoms with Crippen molar-refractivity contribution in [2.75, 3.05) is 40.3 Å². The molecule has 1 aliphatic carbocycles. The fourth-order valence-corrected chi connectivity index (χ4v) is 3.53. The lowest BCUT2D eigenvalue weighted by Gasteiger charge is -2.40. The summed E-state index contributed by atoms with van der Waals surface area (Å²) in [5.74, 6) is -0.518. The second-order valence-electron chi connectivity index (χ2n) is 6.90. The molecule has 1 aliphatic heterocycles. The lowest BCUT2D eigenvalue weighted by molar-refractivity contribution is -0.133. The quantitative estimate of drug-likeness (QED) is 0.738. The number of nitrogens with zero attached hydrogens (tertiary/aromatic N) is 2. The van der Waals surface area contributed by atoms with Gasteiger partial charge in [-0.2, -0.15) is 0 Å². The summed E-state index contributed by atoms with van der Waals surface area (Å²) < 4.78 is 5.28. The Hall–Kier alpha value is -1.34. The smallest absolute Gasteiger partial charge is 0.317 e. The van der Waals surface area contributed by atoms with Crippen molar-refractivity contribution in [3.63, 3.8) is 0 Å².